The molecule has 1 saturated heterocycles. The first-order valence-electron chi connectivity index (χ1n) is 7.60. The Bertz CT molecular complexity index is 765. The molecule has 3 rings (SSSR count). The van der Waals surface area contributed by atoms with Crippen LogP contribution in [0.5, 0.6) is 0 Å². The molecule has 1 fully saturated rings. The van der Waals surface area contributed by atoms with Gasteiger partial charge in [-0.3, -0.25) is 9.59 Å². The van der Waals surface area contributed by atoms with E-state index >= 15 is 0 Å². The summed E-state index contributed by atoms with van der Waals surface area (Å²) in [6, 6.07) is 12.5. The van der Waals surface area contributed by atoms with Crippen LogP contribution in [0.3, 0.4) is 0 Å². The lowest BCUT2D eigenvalue weighted by atomic mass is 9.99. The second-order valence-electron chi connectivity index (χ2n) is 5.76. The van der Waals surface area contributed by atoms with Gasteiger partial charge < -0.3 is 10.2 Å². The van der Waals surface area contributed by atoms with E-state index in [9.17, 15) is 18.4 Å². The van der Waals surface area contributed by atoms with Gasteiger partial charge in [-0.05, 0) is 17.7 Å². The molecular formula is C18H16F2N2O2. The summed E-state index contributed by atoms with van der Waals surface area (Å²) in [5.41, 5.74) is 0.950. The highest BCUT2D eigenvalue weighted by Crippen LogP contribution is 2.27. The molecule has 1 N–H and O–H groups in total. The van der Waals surface area contributed by atoms with Crippen molar-refractivity contribution >= 4 is 17.5 Å². The van der Waals surface area contributed by atoms with E-state index in [-0.39, 0.29) is 24.1 Å². The van der Waals surface area contributed by atoms with Crippen LogP contribution in [0.1, 0.15) is 17.9 Å². The number of carbonyl (C=O) groups excluding carboxylic acids is 2. The predicted octanol–water partition coefficient (Wildman–Crippen LogP) is 2.92. The van der Waals surface area contributed by atoms with Gasteiger partial charge in [0.15, 0.2) is 0 Å². The molecule has 1 atom stereocenters. The molecule has 1 aliphatic heterocycles. The monoisotopic (exact) mass is 330 g/mol. The summed E-state index contributed by atoms with van der Waals surface area (Å²) in [4.78, 5) is 25.6. The Morgan fingerprint density at radius 1 is 1.17 bits per heavy atom. The Labute approximate surface area is 138 Å². The fraction of sp³-hybridized carbons (Fsp3) is 0.222. The van der Waals surface area contributed by atoms with Crippen LogP contribution in [0.25, 0.3) is 0 Å². The van der Waals surface area contributed by atoms with Gasteiger partial charge >= 0.3 is 0 Å². The zero-order valence-corrected chi connectivity index (χ0v) is 12.8. The molecule has 0 aliphatic carbocycles. The standard InChI is InChI=1S/C18H16F2N2O2/c19-14-6-7-16(15(20)9-14)21-17(23)11-22-10-13(8-18(22)24)12-4-2-1-3-5-12/h1-7,9,13H,8,10-11H2,(H,21,23)/t13-/m0/s1. The molecule has 4 nitrogen and oxygen atoms in total. The number of nitrogens with one attached hydrogen (secondary N) is 1. The lowest BCUT2D eigenvalue weighted by Gasteiger charge is -2.16. The molecule has 124 valence electrons. The van der Waals surface area contributed by atoms with Gasteiger partial charge in [-0.25, -0.2) is 8.78 Å². The van der Waals surface area contributed by atoms with Crippen LogP contribution < -0.4 is 5.32 Å². The largest absolute Gasteiger partial charge is 0.333 e. The molecule has 2 amide bonds. The van der Waals surface area contributed by atoms with Crippen LogP contribution in [-0.2, 0) is 9.59 Å². The van der Waals surface area contributed by atoms with E-state index in [1.807, 2.05) is 30.3 Å². The van der Waals surface area contributed by atoms with Gasteiger partial charge in [-0.15, -0.1) is 0 Å². The van der Waals surface area contributed by atoms with E-state index in [0.717, 1.165) is 17.7 Å². The van der Waals surface area contributed by atoms with Crippen molar-refractivity contribution in [3.8, 4) is 0 Å². The lowest BCUT2D eigenvalue weighted by molar-refractivity contribution is -0.131. The number of anilines is 1. The molecule has 0 bridgehead atoms. The van der Waals surface area contributed by atoms with Crippen LogP contribution in [0, 0.1) is 11.6 Å². The first-order chi connectivity index (χ1) is 11.5. The maximum Gasteiger partial charge on any atom is 0.244 e. The molecular weight excluding hydrogens is 314 g/mol. The number of amides is 2. The molecule has 0 aromatic heterocycles. The van der Waals surface area contributed by atoms with Gasteiger partial charge in [0.1, 0.15) is 11.6 Å². The molecule has 0 unspecified atom stereocenters. The Balaban J connectivity index is 1.61. The third-order valence-corrected chi connectivity index (χ3v) is 4.03. The maximum atomic E-state index is 13.5. The smallest absolute Gasteiger partial charge is 0.244 e. The highest BCUT2D eigenvalue weighted by Gasteiger charge is 2.31. The molecule has 2 aromatic rings. The molecule has 6 heteroatoms. The van der Waals surface area contributed by atoms with Gasteiger partial charge in [-0.2, -0.15) is 0 Å². The zero-order valence-electron chi connectivity index (χ0n) is 12.8. The molecule has 1 aliphatic rings. The van der Waals surface area contributed by atoms with Crippen molar-refractivity contribution in [1.29, 1.82) is 0 Å². The minimum atomic E-state index is -0.849. The van der Waals surface area contributed by atoms with E-state index in [2.05, 4.69) is 5.32 Å². The minimum absolute atomic E-state index is 0.0501. The quantitative estimate of drug-likeness (QED) is 0.937. The van der Waals surface area contributed by atoms with Crippen LogP contribution in [0.15, 0.2) is 48.5 Å². The van der Waals surface area contributed by atoms with E-state index in [1.165, 1.54) is 4.90 Å². The number of hydrogen-bond acceptors (Lipinski definition) is 2. The van der Waals surface area contributed by atoms with Crippen molar-refractivity contribution in [2.75, 3.05) is 18.4 Å². The van der Waals surface area contributed by atoms with Crippen molar-refractivity contribution in [2.45, 2.75) is 12.3 Å². The van der Waals surface area contributed by atoms with Crippen LogP contribution in [0.2, 0.25) is 0 Å². The predicted molar refractivity (Wildman–Crippen MR) is 85.4 cm³/mol. The van der Waals surface area contributed by atoms with Gasteiger partial charge in [0.05, 0.1) is 12.2 Å². The minimum Gasteiger partial charge on any atom is -0.333 e. The highest BCUT2D eigenvalue weighted by molar-refractivity contribution is 5.95. The Morgan fingerprint density at radius 3 is 2.62 bits per heavy atom. The lowest BCUT2D eigenvalue weighted by Crippen LogP contribution is -2.34. The Morgan fingerprint density at radius 2 is 1.92 bits per heavy atom. The first kappa shape index (κ1) is 16.1. The maximum absolute atomic E-state index is 13.5. The van der Waals surface area contributed by atoms with Crippen LogP contribution in [-0.4, -0.2) is 29.8 Å². The number of halogens is 2. The van der Waals surface area contributed by atoms with Gasteiger partial charge in [-0.1, -0.05) is 30.3 Å². The number of carbonyl (C=O) groups is 2. The average molecular weight is 330 g/mol. The highest BCUT2D eigenvalue weighted by atomic mass is 19.1. The molecule has 24 heavy (non-hydrogen) atoms. The number of benzene rings is 2. The van der Waals surface area contributed by atoms with Crippen molar-refractivity contribution in [3.05, 3.63) is 65.7 Å². The van der Waals surface area contributed by atoms with E-state index < -0.39 is 17.5 Å². The zero-order chi connectivity index (χ0) is 17.1. The number of rotatable bonds is 4. The summed E-state index contributed by atoms with van der Waals surface area (Å²) in [7, 11) is 0. The van der Waals surface area contributed by atoms with Gasteiger partial charge in [0, 0.05) is 24.9 Å². The SMILES string of the molecule is O=C(CN1C[C@@H](c2ccccc2)CC1=O)Nc1ccc(F)cc1F. The number of likely N-dealkylation sites (tertiary alicyclic amines) is 1. The topological polar surface area (TPSA) is 49.4 Å². The normalized spacial score (nSPS) is 17.2. The summed E-state index contributed by atoms with van der Waals surface area (Å²) >= 11 is 0. The third kappa shape index (κ3) is 3.59. The van der Waals surface area contributed by atoms with Crippen LogP contribution in [0.4, 0.5) is 14.5 Å². The molecule has 0 saturated carbocycles. The molecule has 0 spiro atoms. The van der Waals surface area contributed by atoms with Crippen molar-refractivity contribution in [1.82, 2.24) is 4.90 Å². The molecule has 2 aromatic carbocycles. The van der Waals surface area contributed by atoms with E-state index in [4.69, 9.17) is 0 Å². The molecule has 0 radical (unpaired) electrons. The number of hydrogen-bond donors (Lipinski definition) is 1. The van der Waals surface area contributed by atoms with Crippen molar-refractivity contribution in [2.24, 2.45) is 0 Å². The van der Waals surface area contributed by atoms with Gasteiger partial charge in [0.25, 0.3) is 0 Å². The van der Waals surface area contributed by atoms with Crippen LogP contribution >= 0.6 is 0 Å². The van der Waals surface area contributed by atoms with E-state index in [1.54, 1.807) is 0 Å². The van der Waals surface area contributed by atoms with Gasteiger partial charge in [0.2, 0.25) is 11.8 Å². The Hall–Kier alpha value is -2.76. The second kappa shape index (κ2) is 6.78. The third-order valence-electron chi connectivity index (χ3n) is 4.03. The number of nitrogens with zero attached hydrogens (tertiary/aromatic N) is 1. The fourth-order valence-corrected chi connectivity index (χ4v) is 2.83. The second-order valence-corrected chi connectivity index (χ2v) is 5.76. The summed E-state index contributed by atoms with van der Waals surface area (Å²) in [6.07, 6.45) is 0.349. The van der Waals surface area contributed by atoms with E-state index in [0.29, 0.717) is 19.0 Å². The first-order valence-corrected chi connectivity index (χ1v) is 7.60. The van der Waals surface area contributed by atoms with Crippen molar-refractivity contribution in [3.63, 3.8) is 0 Å². The Kier molecular flexibility index (Phi) is 4.55. The molecule has 1 heterocycles. The fourth-order valence-electron chi connectivity index (χ4n) is 2.83. The summed E-state index contributed by atoms with van der Waals surface area (Å²) in [6.45, 7) is 0.293. The summed E-state index contributed by atoms with van der Waals surface area (Å²) < 4.78 is 26.4. The van der Waals surface area contributed by atoms with Crippen molar-refractivity contribution < 1.29 is 18.4 Å². The summed E-state index contributed by atoms with van der Waals surface area (Å²) in [5, 5.41) is 2.36. The summed E-state index contributed by atoms with van der Waals surface area (Å²) in [5.74, 6) is -2.14. The average Bonchev–Trinajstić information content (AvgIpc) is 2.92.